The standard InChI is InChI=1S/C8H14N2O/c1-10(9)7-3-5-8(11-2)6-4-7/h3-5,8H,6,9H2,1-2H3. The number of hydrogen-bond donors (Lipinski definition) is 1. The van der Waals surface area contributed by atoms with Crippen molar-refractivity contribution >= 4 is 0 Å². The van der Waals surface area contributed by atoms with E-state index >= 15 is 0 Å². The molecule has 11 heavy (non-hydrogen) atoms. The van der Waals surface area contributed by atoms with Crippen LogP contribution in [0.15, 0.2) is 23.9 Å². The summed E-state index contributed by atoms with van der Waals surface area (Å²) in [4.78, 5) is 0. The molecule has 0 amide bonds. The van der Waals surface area contributed by atoms with E-state index < -0.39 is 0 Å². The number of hydrogen-bond acceptors (Lipinski definition) is 3. The van der Waals surface area contributed by atoms with Gasteiger partial charge >= 0.3 is 0 Å². The molecule has 3 heteroatoms. The highest BCUT2D eigenvalue weighted by Gasteiger charge is 2.07. The van der Waals surface area contributed by atoms with Crippen LogP contribution in [0.25, 0.3) is 0 Å². The van der Waals surface area contributed by atoms with Gasteiger partial charge in [-0.1, -0.05) is 12.2 Å². The molecule has 1 unspecified atom stereocenters. The van der Waals surface area contributed by atoms with Crippen LogP contribution in [-0.4, -0.2) is 25.3 Å². The number of nitrogens with zero attached hydrogens (tertiary/aromatic N) is 1. The van der Waals surface area contributed by atoms with Crippen molar-refractivity contribution in [1.29, 1.82) is 0 Å². The normalized spacial score (nSPS) is 23.2. The molecule has 0 fully saturated rings. The summed E-state index contributed by atoms with van der Waals surface area (Å²) in [6.07, 6.45) is 7.17. The molecule has 1 atom stereocenters. The Hall–Kier alpha value is -0.800. The molecule has 0 aromatic heterocycles. The van der Waals surface area contributed by atoms with Crippen LogP contribution in [0.1, 0.15) is 6.42 Å². The Morgan fingerprint density at radius 3 is 2.82 bits per heavy atom. The van der Waals surface area contributed by atoms with Gasteiger partial charge in [0.25, 0.3) is 0 Å². The van der Waals surface area contributed by atoms with Crippen LogP contribution in [0.3, 0.4) is 0 Å². The minimum atomic E-state index is 0.221. The SMILES string of the molecule is COC1C=CC(N(C)N)=CC1. The fourth-order valence-electron chi connectivity index (χ4n) is 1.03. The third kappa shape index (κ3) is 2.06. The molecule has 0 aromatic carbocycles. The largest absolute Gasteiger partial charge is 0.377 e. The molecular weight excluding hydrogens is 140 g/mol. The van der Waals surface area contributed by atoms with Gasteiger partial charge in [0.15, 0.2) is 0 Å². The molecule has 0 saturated carbocycles. The van der Waals surface area contributed by atoms with Crippen molar-refractivity contribution in [3.8, 4) is 0 Å². The molecule has 0 aromatic rings. The first-order chi connectivity index (χ1) is 5.24. The second kappa shape index (κ2) is 3.55. The van der Waals surface area contributed by atoms with Crippen molar-refractivity contribution in [2.75, 3.05) is 14.2 Å². The van der Waals surface area contributed by atoms with E-state index in [9.17, 15) is 0 Å². The van der Waals surface area contributed by atoms with Crippen molar-refractivity contribution in [3.63, 3.8) is 0 Å². The fourth-order valence-corrected chi connectivity index (χ4v) is 1.03. The summed E-state index contributed by atoms with van der Waals surface area (Å²) in [5.74, 6) is 5.53. The van der Waals surface area contributed by atoms with Gasteiger partial charge in [-0.15, -0.1) is 0 Å². The molecule has 0 bridgehead atoms. The van der Waals surface area contributed by atoms with Crippen LogP contribution in [0.4, 0.5) is 0 Å². The van der Waals surface area contributed by atoms with Gasteiger partial charge in [0.1, 0.15) is 0 Å². The lowest BCUT2D eigenvalue weighted by Gasteiger charge is -2.19. The Labute approximate surface area is 67.1 Å². The zero-order chi connectivity index (χ0) is 8.27. The number of allylic oxidation sites excluding steroid dienone is 1. The van der Waals surface area contributed by atoms with E-state index in [-0.39, 0.29) is 6.10 Å². The molecule has 0 spiro atoms. The summed E-state index contributed by atoms with van der Waals surface area (Å²) in [5, 5.41) is 1.60. The van der Waals surface area contributed by atoms with E-state index in [0.29, 0.717) is 0 Å². The number of nitrogens with two attached hydrogens (primary N) is 1. The van der Waals surface area contributed by atoms with Gasteiger partial charge < -0.3 is 9.75 Å². The van der Waals surface area contributed by atoms with Gasteiger partial charge in [-0.3, -0.25) is 0 Å². The Kier molecular flexibility index (Phi) is 2.68. The Balaban J connectivity index is 2.53. The lowest BCUT2D eigenvalue weighted by molar-refractivity contribution is 0.141. The van der Waals surface area contributed by atoms with Crippen molar-refractivity contribution in [1.82, 2.24) is 5.01 Å². The third-order valence-corrected chi connectivity index (χ3v) is 1.75. The zero-order valence-corrected chi connectivity index (χ0v) is 6.95. The topological polar surface area (TPSA) is 38.5 Å². The molecule has 2 N–H and O–H groups in total. The van der Waals surface area contributed by atoms with Gasteiger partial charge in [-0.05, 0) is 12.5 Å². The molecule has 0 aliphatic heterocycles. The van der Waals surface area contributed by atoms with Crippen LogP contribution in [-0.2, 0) is 4.74 Å². The number of likely N-dealkylation sites (N-methyl/N-ethyl adjacent to an activating group) is 1. The highest BCUT2D eigenvalue weighted by atomic mass is 16.5. The van der Waals surface area contributed by atoms with Gasteiger partial charge in [-0.25, -0.2) is 5.84 Å². The number of rotatable bonds is 2. The summed E-state index contributed by atoms with van der Waals surface area (Å²) in [7, 11) is 3.53. The minimum Gasteiger partial charge on any atom is -0.377 e. The molecule has 0 saturated heterocycles. The molecular formula is C8H14N2O. The summed E-state index contributed by atoms with van der Waals surface area (Å²) >= 11 is 0. The van der Waals surface area contributed by atoms with Gasteiger partial charge in [0, 0.05) is 19.9 Å². The van der Waals surface area contributed by atoms with E-state index in [0.717, 1.165) is 12.1 Å². The van der Waals surface area contributed by atoms with Crippen LogP contribution < -0.4 is 5.84 Å². The maximum atomic E-state index is 5.53. The van der Waals surface area contributed by atoms with Crippen LogP contribution in [0, 0.1) is 0 Å². The second-order valence-corrected chi connectivity index (χ2v) is 2.61. The average molecular weight is 154 g/mol. The quantitative estimate of drug-likeness (QED) is 0.469. The zero-order valence-electron chi connectivity index (χ0n) is 6.95. The van der Waals surface area contributed by atoms with Crippen LogP contribution in [0.2, 0.25) is 0 Å². The Bertz CT molecular complexity index is 185. The molecule has 1 aliphatic rings. The maximum Gasteiger partial charge on any atom is 0.0791 e. The average Bonchev–Trinajstić information content (AvgIpc) is 2.05. The van der Waals surface area contributed by atoms with E-state index in [4.69, 9.17) is 10.6 Å². The molecule has 3 nitrogen and oxygen atoms in total. The Morgan fingerprint density at radius 2 is 2.45 bits per heavy atom. The molecule has 0 heterocycles. The second-order valence-electron chi connectivity index (χ2n) is 2.61. The molecule has 62 valence electrons. The summed E-state index contributed by atoms with van der Waals surface area (Å²) in [5.41, 5.74) is 1.04. The summed E-state index contributed by atoms with van der Waals surface area (Å²) in [6.45, 7) is 0. The van der Waals surface area contributed by atoms with Crippen molar-refractivity contribution < 1.29 is 4.74 Å². The summed E-state index contributed by atoms with van der Waals surface area (Å²) < 4.78 is 5.13. The number of ether oxygens (including phenoxy) is 1. The predicted octanol–water partition coefficient (Wildman–Crippen LogP) is 0.651. The fraction of sp³-hybridized carbons (Fsp3) is 0.500. The smallest absolute Gasteiger partial charge is 0.0791 e. The van der Waals surface area contributed by atoms with Crippen molar-refractivity contribution in [3.05, 3.63) is 23.9 Å². The highest BCUT2D eigenvalue weighted by molar-refractivity contribution is 5.22. The van der Waals surface area contributed by atoms with E-state index in [1.807, 2.05) is 19.2 Å². The van der Waals surface area contributed by atoms with E-state index in [1.165, 1.54) is 0 Å². The van der Waals surface area contributed by atoms with Gasteiger partial charge in [-0.2, -0.15) is 0 Å². The molecule has 0 radical (unpaired) electrons. The first kappa shape index (κ1) is 8.30. The van der Waals surface area contributed by atoms with Crippen molar-refractivity contribution in [2.24, 2.45) is 5.84 Å². The van der Waals surface area contributed by atoms with Crippen molar-refractivity contribution in [2.45, 2.75) is 12.5 Å². The number of methoxy groups -OCH3 is 1. The third-order valence-electron chi connectivity index (χ3n) is 1.75. The maximum absolute atomic E-state index is 5.53. The lowest BCUT2D eigenvalue weighted by atomic mass is 10.1. The first-order valence-corrected chi connectivity index (χ1v) is 3.63. The van der Waals surface area contributed by atoms with Crippen LogP contribution >= 0.6 is 0 Å². The van der Waals surface area contributed by atoms with Gasteiger partial charge in [0.05, 0.1) is 6.10 Å². The highest BCUT2D eigenvalue weighted by Crippen LogP contribution is 2.12. The summed E-state index contributed by atoms with van der Waals surface area (Å²) in [6, 6.07) is 0. The first-order valence-electron chi connectivity index (χ1n) is 3.63. The minimum absolute atomic E-state index is 0.221. The Morgan fingerprint density at radius 1 is 1.73 bits per heavy atom. The molecule has 1 rings (SSSR count). The van der Waals surface area contributed by atoms with E-state index in [2.05, 4.69) is 6.08 Å². The molecule has 1 aliphatic carbocycles. The monoisotopic (exact) mass is 154 g/mol. The van der Waals surface area contributed by atoms with Crippen LogP contribution in [0.5, 0.6) is 0 Å². The number of hydrazine groups is 1. The predicted molar refractivity (Wildman–Crippen MR) is 44.6 cm³/mol. The lowest BCUT2D eigenvalue weighted by Crippen LogP contribution is -2.26. The van der Waals surface area contributed by atoms with E-state index in [1.54, 1.807) is 12.1 Å². The van der Waals surface area contributed by atoms with Gasteiger partial charge in [0.2, 0.25) is 0 Å².